The molecule has 0 spiro atoms. The van der Waals surface area contributed by atoms with Crippen LogP contribution >= 0.6 is 12.4 Å². The molecule has 21 heavy (non-hydrogen) atoms. The fourth-order valence-corrected chi connectivity index (χ4v) is 2.68. The summed E-state index contributed by atoms with van der Waals surface area (Å²) in [4.78, 5) is 4.43. The number of nitrogens with zero attached hydrogens (tertiary/aromatic N) is 3. The van der Waals surface area contributed by atoms with Crippen molar-refractivity contribution in [3.63, 3.8) is 0 Å². The lowest BCUT2D eigenvalue weighted by Gasteiger charge is -2.13. The van der Waals surface area contributed by atoms with Gasteiger partial charge in [0.2, 0.25) is 11.7 Å². The molecule has 1 aliphatic carbocycles. The highest BCUT2D eigenvalue weighted by Crippen LogP contribution is 2.40. The topological polar surface area (TPSA) is 88.7 Å². The molecular weight excluding hydrogens is 288 g/mol. The third kappa shape index (κ3) is 2.78. The van der Waals surface area contributed by atoms with Gasteiger partial charge in [0.1, 0.15) is 5.41 Å². The number of benzene rings is 1. The van der Waals surface area contributed by atoms with E-state index in [2.05, 4.69) is 16.2 Å². The Morgan fingerprint density at radius 3 is 2.48 bits per heavy atom. The molecule has 1 fully saturated rings. The summed E-state index contributed by atoms with van der Waals surface area (Å²) in [6.45, 7) is 0.509. The summed E-state index contributed by atoms with van der Waals surface area (Å²) in [5, 5.41) is 13.4. The molecule has 1 aliphatic rings. The van der Waals surface area contributed by atoms with Gasteiger partial charge in [-0.05, 0) is 18.4 Å². The van der Waals surface area contributed by atoms with Gasteiger partial charge in [0.25, 0.3) is 0 Å². The Labute approximate surface area is 129 Å². The molecule has 0 saturated heterocycles. The van der Waals surface area contributed by atoms with Gasteiger partial charge in [-0.2, -0.15) is 10.2 Å². The van der Waals surface area contributed by atoms with Crippen molar-refractivity contribution in [1.82, 2.24) is 10.1 Å². The fraction of sp³-hybridized carbons (Fsp3) is 0.400. The van der Waals surface area contributed by atoms with Crippen LogP contribution in [0.25, 0.3) is 11.4 Å². The minimum Gasteiger partial charge on any atom is -0.337 e. The second-order valence-corrected chi connectivity index (χ2v) is 5.23. The minimum atomic E-state index is -0.581. The van der Waals surface area contributed by atoms with Crippen LogP contribution in [0.1, 0.15) is 37.1 Å². The first kappa shape index (κ1) is 15.5. The van der Waals surface area contributed by atoms with E-state index in [0.717, 1.165) is 36.8 Å². The molecule has 110 valence electrons. The molecule has 1 saturated carbocycles. The third-order valence-electron chi connectivity index (χ3n) is 3.95. The monoisotopic (exact) mass is 304 g/mol. The Bertz CT molecular complexity index is 638. The highest BCUT2D eigenvalue weighted by Gasteiger charge is 2.41. The van der Waals surface area contributed by atoms with E-state index in [1.54, 1.807) is 0 Å². The highest BCUT2D eigenvalue weighted by molar-refractivity contribution is 5.85. The third-order valence-corrected chi connectivity index (χ3v) is 3.95. The zero-order valence-corrected chi connectivity index (χ0v) is 12.4. The lowest BCUT2D eigenvalue weighted by Crippen LogP contribution is -2.19. The van der Waals surface area contributed by atoms with Crippen LogP contribution in [0, 0.1) is 11.3 Å². The fourth-order valence-electron chi connectivity index (χ4n) is 2.68. The molecule has 0 unspecified atom stereocenters. The van der Waals surface area contributed by atoms with Gasteiger partial charge in [-0.3, -0.25) is 0 Å². The van der Waals surface area contributed by atoms with Crippen molar-refractivity contribution in [3.05, 3.63) is 35.7 Å². The number of rotatable bonds is 3. The zero-order valence-electron chi connectivity index (χ0n) is 11.6. The molecule has 0 aliphatic heterocycles. The Morgan fingerprint density at radius 1 is 1.24 bits per heavy atom. The largest absolute Gasteiger partial charge is 0.337 e. The van der Waals surface area contributed by atoms with E-state index in [9.17, 15) is 5.26 Å². The van der Waals surface area contributed by atoms with E-state index in [1.165, 1.54) is 0 Å². The SMILES string of the molecule is Cl.N#CC1(c2nc(-c3ccc(CN)cc3)no2)CCCC1. The zero-order chi connectivity index (χ0) is 14.0. The molecule has 0 radical (unpaired) electrons. The normalized spacial score (nSPS) is 16.2. The molecule has 2 N–H and O–H groups in total. The Kier molecular flexibility index (Phi) is 4.61. The predicted molar refractivity (Wildman–Crippen MR) is 80.6 cm³/mol. The molecule has 1 aromatic carbocycles. The van der Waals surface area contributed by atoms with Gasteiger partial charge >= 0.3 is 0 Å². The van der Waals surface area contributed by atoms with Gasteiger partial charge in [0, 0.05) is 12.1 Å². The van der Waals surface area contributed by atoms with Gasteiger partial charge in [0.05, 0.1) is 6.07 Å². The second kappa shape index (κ2) is 6.25. The number of aromatic nitrogens is 2. The maximum absolute atomic E-state index is 9.43. The summed E-state index contributed by atoms with van der Waals surface area (Å²) in [5.41, 5.74) is 6.93. The molecule has 2 aromatic rings. The smallest absolute Gasteiger partial charge is 0.247 e. The quantitative estimate of drug-likeness (QED) is 0.941. The Morgan fingerprint density at radius 2 is 1.90 bits per heavy atom. The van der Waals surface area contributed by atoms with Gasteiger partial charge < -0.3 is 10.3 Å². The van der Waals surface area contributed by atoms with Gasteiger partial charge in [-0.1, -0.05) is 42.3 Å². The molecule has 5 nitrogen and oxygen atoms in total. The maximum atomic E-state index is 9.43. The van der Waals surface area contributed by atoms with Crippen LogP contribution in [0.3, 0.4) is 0 Å². The molecule has 6 heteroatoms. The summed E-state index contributed by atoms with van der Waals surface area (Å²) in [6.07, 6.45) is 3.68. The summed E-state index contributed by atoms with van der Waals surface area (Å²) in [6, 6.07) is 10.1. The van der Waals surface area contributed by atoms with Crippen molar-refractivity contribution in [2.75, 3.05) is 0 Å². The van der Waals surface area contributed by atoms with Crippen LogP contribution in [0.2, 0.25) is 0 Å². The van der Waals surface area contributed by atoms with Crippen LogP contribution in [0.15, 0.2) is 28.8 Å². The Hall–Kier alpha value is -1.90. The summed E-state index contributed by atoms with van der Waals surface area (Å²) >= 11 is 0. The van der Waals surface area contributed by atoms with Gasteiger partial charge in [-0.25, -0.2) is 0 Å². The van der Waals surface area contributed by atoms with Crippen molar-refractivity contribution in [1.29, 1.82) is 5.26 Å². The van der Waals surface area contributed by atoms with Crippen LogP contribution in [-0.4, -0.2) is 10.1 Å². The van der Waals surface area contributed by atoms with E-state index in [4.69, 9.17) is 10.3 Å². The first-order valence-electron chi connectivity index (χ1n) is 6.82. The first-order valence-corrected chi connectivity index (χ1v) is 6.82. The van der Waals surface area contributed by atoms with Crippen molar-refractivity contribution >= 4 is 12.4 Å². The van der Waals surface area contributed by atoms with Crippen LogP contribution < -0.4 is 5.73 Å². The van der Waals surface area contributed by atoms with Crippen LogP contribution in [-0.2, 0) is 12.0 Å². The summed E-state index contributed by atoms with van der Waals surface area (Å²) in [7, 11) is 0. The average molecular weight is 305 g/mol. The van der Waals surface area contributed by atoms with Gasteiger partial charge in [0.15, 0.2) is 0 Å². The lowest BCUT2D eigenvalue weighted by molar-refractivity contribution is 0.321. The van der Waals surface area contributed by atoms with E-state index in [0.29, 0.717) is 18.3 Å². The number of nitrogens with two attached hydrogens (primary N) is 1. The van der Waals surface area contributed by atoms with Crippen molar-refractivity contribution in [2.24, 2.45) is 5.73 Å². The summed E-state index contributed by atoms with van der Waals surface area (Å²) in [5.74, 6) is 0.987. The van der Waals surface area contributed by atoms with E-state index in [1.807, 2.05) is 24.3 Å². The first-order chi connectivity index (χ1) is 9.77. The standard InChI is InChI=1S/C15H16N4O.ClH/c16-9-11-3-5-12(6-4-11)13-18-14(20-19-13)15(10-17)7-1-2-8-15;/h3-6H,1-2,7-9,16H2;1H. The number of hydrogen-bond acceptors (Lipinski definition) is 5. The average Bonchev–Trinajstić information content (AvgIpc) is 3.17. The number of halogens is 1. The molecule has 0 amide bonds. The van der Waals surface area contributed by atoms with E-state index >= 15 is 0 Å². The predicted octanol–water partition coefficient (Wildman–Crippen LogP) is 2.95. The number of hydrogen-bond donors (Lipinski definition) is 1. The molecule has 3 rings (SSSR count). The summed E-state index contributed by atoms with van der Waals surface area (Å²) < 4.78 is 5.35. The van der Waals surface area contributed by atoms with Crippen molar-refractivity contribution in [3.8, 4) is 17.5 Å². The van der Waals surface area contributed by atoms with E-state index < -0.39 is 5.41 Å². The minimum absolute atomic E-state index is 0. The van der Waals surface area contributed by atoms with Crippen LogP contribution in [0.4, 0.5) is 0 Å². The molecule has 1 aromatic heterocycles. The maximum Gasteiger partial charge on any atom is 0.247 e. The van der Waals surface area contributed by atoms with Crippen molar-refractivity contribution in [2.45, 2.75) is 37.6 Å². The molecule has 1 heterocycles. The molecule has 0 bridgehead atoms. The lowest BCUT2D eigenvalue weighted by atomic mass is 9.88. The highest BCUT2D eigenvalue weighted by atomic mass is 35.5. The molecule has 0 atom stereocenters. The molecular formula is C15H17ClN4O. The Balaban J connectivity index is 0.00000161. The van der Waals surface area contributed by atoms with Gasteiger partial charge in [-0.15, -0.1) is 12.4 Å². The van der Waals surface area contributed by atoms with Crippen molar-refractivity contribution < 1.29 is 4.52 Å². The van der Waals surface area contributed by atoms with E-state index in [-0.39, 0.29) is 12.4 Å². The van der Waals surface area contributed by atoms with Crippen LogP contribution in [0.5, 0.6) is 0 Å². The number of nitriles is 1. The second-order valence-electron chi connectivity index (χ2n) is 5.23.